The first-order valence-corrected chi connectivity index (χ1v) is 8.69. The average molecular weight is 355 g/mol. The lowest BCUT2D eigenvalue weighted by Crippen LogP contribution is -2.43. The largest absolute Gasteiger partial charge is 0.483 e. The van der Waals surface area contributed by atoms with Crippen molar-refractivity contribution in [3.05, 3.63) is 29.8 Å². The fraction of sp³-hybridized carbons (Fsp3) is 0.632. The molecule has 1 amide bonds. The second-order valence-electron chi connectivity index (χ2n) is 7.41. The van der Waals surface area contributed by atoms with Gasteiger partial charge in [-0.05, 0) is 39.7 Å². The predicted molar refractivity (Wildman–Crippen MR) is 101 cm³/mol. The van der Waals surface area contributed by atoms with Crippen LogP contribution in [0.25, 0.3) is 0 Å². The third-order valence-corrected chi connectivity index (χ3v) is 4.03. The second-order valence-corrected chi connectivity index (χ2v) is 7.41. The Morgan fingerprint density at radius 2 is 1.83 bits per heavy atom. The standard InChI is InChI=1S/C19H30N2O2.ClH/c1-19(2,3)21-18(22)14-23-17-12-8-7-9-15(17)13-20-16-10-5-4-6-11-16;/h7-9,12,16,20H,4-6,10-11,13-14H2,1-3H3,(H,21,22);1H. The third-order valence-electron chi connectivity index (χ3n) is 4.03. The molecule has 0 bridgehead atoms. The normalized spacial score (nSPS) is 15.5. The van der Waals surface area contributed by atoms with Gasteiger partial charge in [-0.25, -0.2) is 0 Å². The van der Waals surface area contributed by atoms with Crippen LogP contribution in [-0.4, -0.2) is 24.1 Å². The van der Waals surface area contributed by atoms with Crippen molar-refractivity contribution in [2.24, 2.45) is 0 Å². The molecule has 1 aromatic carbocycles. The van der Waals surface area contributed by atoms with Crippen molar-refractivity contribution in [2.45, 2.75) is 71.0 Å². The number of hydrogen-bond donors (Lipinski definition) is 2. The molecule has 1 aliphatic carbocycles. The molecule has 0 saturated heterocycles. The maximum absolute atomic E-state index is 11.9. The molecule has 0 aromatic heterocycles. The molecule has 1 aromatic rings. The Labute approximate surface area is 152 Å². The summed E-state index contributed by atoms with van der Waals surface area (Å²) in [5, 5.41) is 6.54. The number of halogens is 1. The van der Waals surface area contributed by atoms with Crippen LogP contribution in [0.2, 0.25) is 0 Å². The van der Waals surface area contributed by atoms with E-state index in [1.807, 2.05) is 39.0 Å². The highest BCUT2D eigenvalue weighted by Crippen LogP contribution is 2.21. The van der Waals surface area contributed by atoms with Gasteiger partial charge in [-0.15, -0.1) is 12.4 Å². The van der Waals surface area contributed by atoms with Gasteiger partial charge in [0.1, 0.15) is 5.75 Å². The SMILES string of the molecule is CC(C)(C)NC(=O)COc1ccccc1CNC1CCCCC1.Cl. The van der Waals surface area contributed by atoms with Gasteiger partial charge in [-0.3, -0.25) is 4.79 Å². The summed E-state index contributed by atoms with van der Waals surface area (Å²) in [7, 11) is 0. The van der Waals surface area contributed by atoms with Crippen molar-refractivity contribution in [2.75, 3.05) is 6.61 Å². The van der Waals surface area contributed by atoms with E-state index in [4.69, 9.17) is 4.74 Å². The van der Waals surface area contributed by atoms with E-state index in [-0.39, 0.29) is 30.5 Å². The summed E-state index contributed by atoms with van der Waals surface area (Å²) >= 11 is 0. The van der Waals surface area contributed by atoms with E-state index >= 15 is 0 Å². The van der Waals surface area contributed by atoms with Crippen LogP contribution >= 0.6 is 12.4 Å². The molecule has 1 saturated carbocycles. The van der Waals surface area contributed by atoms with Gasteiger partial charge in [0.25, 0.3) is 5.91 Å². The molecule has 0 spiro atoms. The van der Waals surface area contributed by atoms with Crippen LogP contribution in [0.4, 0.5) is 0 Å². The number of benzene rings is 1. The quantitative estimate of drug-likeness (QED) is 0.816. The summed E-state index contributed by atoms with van der Waals surface area (Å²) in [6, 6.07) is 8.57. The first-order chi connectivity index (χ1) is 10.9. The van der Waals surface area contributed by atoms with Crippen molar-refractivity contribution < 1.29 is 9.53 Å². The van der Waals surface area contributed by atoms with E-state index in [1.165, 1.54) is 32.1 Å². The Kier molecular flexibility index (Phi) is 8.57. The zero-order chi connectivity index (χ0) is 16.7. The molecule has 0 atom stereocenters. The molecule has 4 nitrogen and oxygen atoms in total. The van der Waals surface area contributed by atoms with Gasteiger partial charge in [0.15, 0.2) is 6.61 Å². The molecule has 2 rings (SSSR count). The highest BCUT2D eigenvalue weighted by Gasteiger charge is 2.16. The van der Waals surface area contributed by atoms with Gasteiger partial charge in [-0.2, -0.15) is 0 Å². The highest BCUT2D eigenvalue weighted by atomic mass is 35.5. The van der Waals surface area contributed by atoms with Crippen LogP contribution < -0.4 is 15.4 Å². The molecule has 0 heterocycles. The number of nitrogens with one attached hydrogen (secondary N) is 2. The zero-order valence-electron chi connectivity index (χ0n) is 15.1. The second kappa shape index (κ2) is 9.90. The van der Waals surface area contributed by atoms with Crippen molar-refractivity contribution in [1.29, 1.82) is 0 Å². The first-order valence-electron chi connectivity index (χ1n) is 8.69. The van der Waals surface area contributed by atoms with Crippen molar-refractivity contribution in [3.63, 3.8) is 0 Å². The molecule has 136 valence electrons. The lowest BCUT2D eigenvalue weighted by atomic mass is 9.95. The van der Waals surface area contributed by atoms with Crippen molar-refractivity contribution in [3.8, 4) is 5.75 Å². The topological polar surface area (TPSA) is 50.4 Å². The lowest BCUT2D eigenvalue weighted by Gasteiger charge is -2.23. The lowest BCUT2D eigenvalue weighted by molar-refractivity contribution is -0.124. The van der Waals surface area contributed by atoms with Crippen molar-refractivity contribution in [1.82, 2.24) is 10.6 Å². The number of rotatable bonds is 6. The fourth-order valence-electron chi connectivity index (χ4n) is 2.95. The Bertz CT molecular complexity index is 508. The van der Waals surface area contributed by atoms with E-state index in [9.17, 15) is 4.79 Å². The minimum atomic E-state index is -0.234. The Hall–Kier alpha value is -1.26. The summed E-state index contributed by atoms with van der Waals surface area (Å²) in [6.45, 7) is 6.74. The molecule has 2 N–H and O–H groups in total. The molecule has 0 aliphatic heterocycles. The van der Waals surface area contributed by atoms with Gasteiger partial charge >= 0.3 is 0 Å². The van der Waals surface area contributed by atoms with Gasteiger partial charge in [0.05, 0.1) is 0 Å². The number of carbonyl (C=O) groups excluding carboxylic acids is 1. The number of para-hydroxylation sites is 1. The third kappa shape index (κ3) is 7.54. The minimum Gasteiger partial charge on any atom is -0.483 e. The number of carbonyl (C=O) groups is 1. The fourth-order valence-corrected chi connectivity index (χ4v) is 2.95. The van der Waals surface area contributed by atoms with Crippen molar-refractivity contribution >= 4 is 18.3 Å². The van der Waals surface area contributed by atoms with Crippen LogP contribution in [-0.2, 0) is 11.3 Å². The Balaban J connectivity index is 0.00000288. The molecule has 1 fully saturated rings. The van der Waals surface area contributed by atoms with Crippen LogP contribution in [0.5, 0.6) is 5.75 Å². The monoisotopic (exact) mass is 354 g/mol. The average Bonchev–Trinajstić information content (AvgIpc) is 2.51. The summed E-state index contributed by atoms with van der Waals surface area (Å²) < 4.78 is 5.73. The van der Waals surface area contributed by atoms with Gasteiger partial charge in [-0.1, -0.05) is 37.5 Å². The molecule has 5 heteroatoms. The first kappa shape index (κ1) is 20.8. The summed E-state index contributed by atoms with van der Waals surface area (Å²) in [5.41, 5.74) is 0.879. The summed E-state index contributed by atoms with van der Waals surface area (Å²) in [6.07, 6.45) is 6.53. The molecule has 24 heavy (non-hydrogen) atoms. The van der Waals surface area contributed by atoms with Crippen LogP contribution in [0, 0.1) is 0 Å². The van der Waals surface area contributed by atoms with Crippen LogP contribution in [0.3, 0.4) is 0 Å². The number of hydrogen-bond acceptors (Lipinski definition) is 3. The molecular weight excluding hydrogens is 324 g/mol. The van der Waals surface area contributed by atoms with E-state index in [1.54, 1.807) is 0 Å². The highest BCUT2D eigenvalue weighted by molar-refractivity contribution is 5.85. The van der Waals surface area contributed by atoms with E-state index in [0.717, 1.165) is 17.9 Å². The van der Waals surface area contributed by atoms with Gasteiger partial charge in [0.2, 0.25) is 0 Å². The number of ether oxygens (including phenoxy) is 1. The summed E-state index contributed by atoms with van der Waals surface area (Å²) in [5.74, 6) is 0.701. The van der Waals surface area contributed by atoms with E-state index < -0.39 is 0 Å². The predicted octanol–water partition coefficient (Wildman–Crippen LogP) is 3.82. The molecular formula is C19H31ClN2O2. The van der Waals surface area contributed by atoms with E-state index in [2.05, 4.69) is 16.7 Å². The van der Waals surface area contributed by atoms with Gasteiger partial charge in [0, 0.05) is 23.7 Å². The van der Waals surface area contributed by atoms with Gasteiger partial charge < -0.3 is 15.4 Å². The van der Waals surface area contributed by atoms with E-state index in [0.29, 0.717) is 6.04 Å². The maximum Gasteiger partial charge on any atom is 0.258 e. The zero-order valence-corrected chi connectivity index (χ0v) is 15.9. The smallest absolute Gasteiger partial charge is 0.258 e. The molecule has 0 radical (unpaired) electrons. The van der Waals surface area contributed by atoms with Crippen LogP contribution in [0.15, 0.2) is 24.3 Å². The number of amides is 1. The Morgan fingerprint density at radius 1 is 1.17 bits per heavy atom. The summed E-state index contributed by atoms with van der Waals surface area (Å²) in [4.78, 5) is 11.9. The Morgan fingerprint density at radius 3 is 2.50 bits per heavy atom. The maximum atomic E-state index is 11.9. The minimum absolute atomic E-state index is 0. The van der Waals surface area contributed by atoms with Crippen LogP contribution in [0.1, 0.15) is 58.4 Å². The molecule has 1 aliphatic rings. The molecule has 0 unspecified atom stereocenters.